The fourth-order valence-electron chi connectivity index (χ4n) is 5.23. The molecule has 1 fully saturated rings. The topological polar surface area (TPSA) is 133 Å². The number of Topliss-reactive ketones (excluding diaryl/α,β-unsaturated/α-hetero) is 1. The molecule has 0 aliphatic carbocycles. The number of anilines is 1. The molecular formula is C33H36N4O7S. The van der Waals surface area contributed by atoms with Crippen LogP contribution in [0.3, 0.4) is 0 Å². The molecule has 4 heterocycles. The van der Waals surface area contributed by atoms with Gasteiger partial charge in [0.2, 0.25) is 0 Å². The monoisotopic (exact) mass is 632 g/mol. The Hall–Kier alpha value is -4.71. The number of carbonyl (C=O) groups is 3. The number of aliphatic hydroxyl groups excluding tert-OH is 1. The van der Waals surface area contributed by atoms with Gasteiger partial charge in [0, 0.05) is 6.20 Å². The van der Waals surface area contributed by atoms with Crippen LogP contribution in [0.4, 0.5) is 5.13 Å². The molecule has 1 N–H and O–H groups in total. The van der Waals surface area contributed by atoms with Crippen molar-refractivity contribution < 1.29 is 33.7 Å². The summed E-state index contributed by atoms with van der Waals surface area (Å²) in [7, 11) is 0. The summed E-state index contributed by atoms with van der Waals surface area (Å²) in [5.74, 6) is -1.36. The average molecular weight is 633 g/mol. The molecule has 0 radical (unpaired) electrons. The van der Waals surface area contributed by atoms with Gasteiger partial charge >= 0.3 is 11.9 Å². The van der Waals surface area contributed by atoms with Crippen molar-refractivity contribution in [3.8, 4) is 11.5 Å². The molecule has 4 aromatic rings. The molecule has 11 nitrogen and oxygen atoms in total. The number of hydrogen-bond acceptors (Lipinski definition) is 10. The lowest BCUT2D eigenvalue weighted by Crippen LogP contribution is -2.29. The Morgan fingerprint density at radius 1 is 1.02 bits per heavy atom. The van der Waals surface area contributed by atoms with Gasteiger partial charge in [-0.25, -0.2) is 14.8 Å². The van der Waals surface area contributed by atoms with E-state index in [4.69, 9.17) is 14.2 Å². The standard InChI is InChI=1S/C33H36N4O7S/c1-7-42-23-17-21(12-13-22(23)44-16-14-18(3)4)27-25(28(38)26-19(5)34-24-11-9-10-15-36(24)26)29(39)31(40)37(27)33-35-20(6)30(45-33)32(41)43-8-2/h9-13,15,17-18,27,38H,7-8,14,16H2,1-6H3. The van der Waals surface area contributed by atoms with Gasteiger partial charge in [-0.1, -0.05) is 37.3 Å². The van der Waals surface area contributed by atoms with Gasteiger partial charge in [0.05, 0.1) is 42.8 Å². The Kier molecular flexibility index (Phi) is 9.24. The van der Waals surface area contributed by atoms with Crippen LogP contribution in [0.2, 0.25) is 0 Å². The number of imidazole rings is 1. The Balaban J connectivity index is 1.71. The lowest BCUT2D eigenvalue weighted by atomic mass is 9.96. The maximum atomic E-state index is 13.9. The Morgan fingerprint density at radius 3 is 2.51 bits per heavy atom. The average Bonchev–Trinajstić information content (AvgIpc) is 3.63. The van der Waals surface area contributed by atoms with Gasteiger partial charge < -0.3 is 19.3 Å². The molecule has 1 aromatic carbocycles. The number of ketones is 1. The summed E-state index contributed by atoms with van der Waals surface area (Å²) in [6.45, 7) is 12.1. The highest BCUT2D eigenvalue weighted by Gasteiger charge is 2.49. The summed E-state index contributed by atoms with van der Waals surface area (Å²) in [5, 5.41) is 12.0. The van der Waals surface area contributed by atoms with Crippen molar-refractivity contribution in [2.45, 2.75) is 54.0 Å². The molecule has 1 saturated heterocycles. The van der Waals surface area contributed by atoms with Crippen LogP contribution in [0.25, 0.3) is 11.4 Å². The van der Waals surface area contributed by atoms with E-state index < -0.39 is 23.7 Å². The summed E-state index contributed by atoms with van der Waals surface area (Å²) >= 11 is 0.947. The second kappa shape index (κ2) is 13.1. The third-order valence-corrected chi connectivity index (χ3v) is 8.50. The third-order valence-electron chi connectivity index (χ3n) is 7.36. The number of ether oxygens (including phenoxy) is 3. The minimum Gasteiger partial charge on any atom is -0.505 e. The van der Waals surface area contributed by atoms with Crippen molar-refractivity contribution in [2.24, 2.45) is 5.92 Å². The van der Waals surface area contributed by atoms with Crippen LogP contribution < -0.4 is 14.4 Å². The first-order valence-corrected chi connectivity index (χ1v) is 15.7. The molecule has 1 unspecified atom stereocenters. The number of nitrogens with zero attached hydrogens (tertiary/aromatic N) is 4. The quantitative estimate of drug-likeness (QED) is 0.0910. The van der Waals surface area contributed by atoms with Crippen molar-refractivity contribution in [3.05, 3.63) is 75.7 Å². The second-order valence-electron chi connectivity index (χ2n) is 10.9. The maximum Gasteiger partial charge on any atom is 0.350 e. The first-order chi connectivity index (χ1) is 21.6. The molecule has 0 bridgehead atoms. The van der Waals surface area contributed by atoms with Gasteiger partial charge in [-0.2, -0.15) is 0 Å². The molecule has 0 saturated carbocycles. The number of hydrogen-bond donors (Lipinski definition) is 1. The van der Waals surface area contributed by atoms with Crippen LogP contribution in [0.15, 0.2) is 48.2 Å². The smallest absolute Gasteiger partial charge is 0.350 e. The number of thiazole rings is 1. The second-order valence-corrected chi connectivity index (χ2v) is 11.9. The Morgan fingerprint density at radius 2 is 1.80 bits per heavy atom. The van der Waals surface area contributed by atoms with Crippen molar-refractivity contribution in [1.29, 1.82) is 0 Å². The Bertz CT molecular complexity index is 1810. The van der Waals surface area contributed by atoms with Gasteiger partial charge in [-0.3, -0.25) is 18.9 Å². The van der Waals surface area contributed by atoms with Crippen LogP contribution in [-0.4, -0.2) is 57.0 Å². The molecule has 12 heteroatoms. The number of pyridine rings is 1. The van der Waals surface area contributed by atoms with E-state index in [1.807, 2.05) is 13.0 Å². The van der Waals surface area contributed by atoms with E-state index in [1.54, 1.807) is 61.7 Å². The number of amides is 1. The molecule has 1 amide bonds. The number of carbonyl (C=O) groups excluding carboxylic acids is 3. The van der Waals surface area contributed by atoms with E-state index in [-0.39, 0.29) is 33.6 Å². The third kappa shape index (κ3) is 6.02. The van der Waals surface area contributed by atoms with E-state index in [0.29, 0.717) is 53.2 Å². The molecular weight excluding hydrogens is 596 g/mol. The summed E-state index contributed by atoms with van der Waals surface area (Å²) in [6, 6.07) is 9.44. The highest BCUT2D eigenvalue weighted by molar-refractivity contribution is 7.17. The molecule has 45 heavy (non-hydrogen) atoms. The number of esters is 1. The van der Waals surface area contributed by atoms with Crippen molar-refractivity contribution in [1.82, 2.24) is 14.4 Å². The lowest BCUT2D eigenvalue weighted by molar-refractivity contribution is -0.132. The van der Waals surface area contributed by atoms with E-state index in [0.717, 1.165) is 17.8 Å². The molecule has 3 aromatic heterocycles. The summed E-state index contributed by atoms with van der Waals surface area (Å²) in [5.41, 5.74) is 2.02. The van der Waals surface area contributed by atoms with Gasteiger partial charge in [0.25, 0.3) is 5.78 Å². The summed E-state index contributed by atoms with van der Waals surface area (Å²) < 4.78 is 18.8. The van der Waals surface area contributed by atoms with E-state index in [9.17, 15) is 19.5 Å². The van der Waals surface area contributed by atoms with Crippen molar-refractivity contribution in [3.63, 3.8) is 0 Å². The number of aliphatic hydroxyl groups is 1. The molecule has 0 spiro atoms. The highest BCUT2D eigenvalue weighted by Crippen LogP contribution is 2.46. The lowest BCUT2D eigenvalue weighted by Gasteiger charge is -2.24. The van der Waals surface area contributed by atoms with Crippen molar-refractivity contribution in [2.75, 3.05) is 24.7 Å². The first kappa shape index (κ1) is 31.7. The van der Waals surface area contributed by atoms with Gasteiger partial charge in [0.15, 0.2) is 22.4 Å². The fraction of sp³-hybridized carbons (Fsp3) is 0.364. The van der Waals surface area contributed by atoms with Gasteiger partial charge in [-0.15, -0.1) is 0 Å². The van der Waals surface area contributed by atoms with Crippen LogP contribution in [0.5, 0.6) is 11.5 Å². The number of fused-ring (bicyclic) bond motifs is 1. The van der Waals surface area contributed by atoms with Gasteiger partial charge in [-0.05, 0) is 69.9 Å². The number of rotatable bonds is 11. The molecule has 1 atom stereocenters. The maximum absolute atomic E-state index is 13.9. The van der Waals surface area contributed by atoms with Crippen LogP contribution in [0.1, 0.15) is 72.5 Å². The number of benzene rings is 1. The molecule has 236 valence electrons. The minimum absolute atomic E-state index is 0.117. The van der Waals surface area contributed by atoms with Crippen LogP contribution in [0, 0.1) is 19.8 Å². The van der Waals surface area contributed by atoms with E-state index in [2.05, 4.69) is 23.8 Å². The van der Waals surface area contributed by atoms with Crippen molar-refractivity contribution >= 4 is 45.5 Å². The van der Waals surface area contributed by atoms with Crippen LogP contribution >= 0.6 is 11.3 Å². The minimum atomic E-state index is -1.11. The zero-order valence-electron chi connectivity index (χ0n) is 26.1. The molecule has 5 rings (SSSR count). The predicted octanol–water partition coefficient (Wildman–Crippen LogP) is 6.03. The zero-order chi connectivity index (χ0) is 32.4. The number of aryl methyl sites for hydroxylation is 2. The molecule has 1 aliphatic heterocycles. The van der Waals surface area contributed by atoms with E-state index >= 15 is 0 Å². The van der Waals surface area contributed by atoms with Crippen LogP contribution in [-0.2, 0) is 14.3 Å². The Labute approximate surface area is 265 Å². The zero-order valence-corrected chi connectivity index (χ0v) is 26.9. The van der Waals surface area contributed by atoms with Gasteiger partial charge in [0.1, 0.15) is 16.2 Å². The first-order valence-electron chi connectivity index (χ1n) is 14.9. The highest BCUT2D eigenvalue weighted by atomic mass is 32.1. The fourth-order valence-corrected chi connectivity index (χ4v) is 6.22. The summed E-state index contributed by atoms with van der Waals surface area (Å²) in [4.78, 5) is 50.8. The largest absolute Gasteiger partial charge is 0.505 e. The number of aromatic nitrogens is 3. The normalized spacial score (nSPS) is 16.2. The van der Waals surface area contributed by atoms with E-state index in [1.165, 1.54) is 4.90 Å². The SMILES string of the molecule is CCOC(=O)c1sc(N2C(=O)C(=O)C(=C(O)c3c(C)nc4ccccn34)C2c2ccc(OCCC(C)C)c(OCC)c2)nc1C. The summed E-state index contributed by atoms with van der Waals surface area (Å²) in [6.07, 6.45) is 2.57. The molecule has 1 aliphatic rings. The predicted molar refractivity (Wildman–Crippen MR) is 170 cm³/mol.